The minimum Gasteiger partial charge on any atom is -0.444 e. The minimum atomic E-state index is -0.364. The van der Waals surface area contributed by atoms with Gasteiger partial charge in [-0.2, -0.15) is 5.26 Å². The summed E-state index contributed by atoms with van der Waals surface area (Å²) in [6.07, 6.45) is 0. The van der Waals surface area contributed by atoms with E-state index in [1.54, 1.807) is 18.7 Å². The van der Waals surface area contributed by atoms with Gasteiger partial charge in [0.2, 0.25) is 11.8 Å². The molecule has 0 bridgehead atoms. The predicted molar refractivity (Wildman–Crippen MR) is 72.1 cm³/mol. The van der Waals surface area contributed by atoms with E-state index in [1.807, 2.05) is 6.07 Å². The van der Waals surface area contributed by atoms with Gasteiger partial charge in [0, 0.05) is 18.7 Å². The van der Waals surface area contributed by atoms with Crippen molar-refractivity contribution < 1.29 is 19.4 Å². The van der Waals surface area contributed by atoms with E-state index < -0.39 is 0 Å². The Hall–Kier alpha value is -1.88. The van der Waals surface area contributed by atoms with E-state index in [2.05, 4.69) is 5.32 Å². The predicted octanol–water partition coefficient (Wildman–Crippen LogP) is -0.00678. The van der Waals surface area contributed by atoms with Crippen molar-refractivity contribution >= 4 is 11.8 Å². The second-order valence-electron chi connectivity index (χ2n) is 4.37. The Bertz CT molecular complexity index is 498. The number of nitrogens with zero attached hydrogens (tertiary/aromatic N) is 2. The minimum absolute atomic E-state index is 0.00475. The highest BCUT2D eigenvalue weighted by Gasteiger charge is 2.17. The number of amides is 1. The monoisotopic (exact) mass is 281 g/mol. The van der Waals surface area contributed by atoms with Crippen molar-refractivity contribution in [2.24, 2.45) is 0 Å². The molecule has 0 saturated heterocycles. The van der Waals surface area contributed by atoms with Gasteiger partial charge in [-0.05, 0) is 13.8 Å². The molecule has 1 heterocycles. The van der Waals surface area contributed by atoms with Crippen molar-refractivity contribution in [3.05, 3.63) is 16.9 Å². The van der Waals surface area contributed by atoms with Crippen LogP contribution in [0.25, 0.3) is 0 Å². The summed E-state index contributed by atoms with van der Waals surface area (Å²) >= 11 is 0. The lowest BCUT2D eigenvalue weighted by atomic mass is 10.2. The van der Waals surface area contributed by atoms with Crippen molar-refractivity contribution in [2.75, 3.05) is 38.2 Å². The van der Waals surface area contributed by atoms with Gasteiger partial charge in [0.15, 0.2) is 0 Å². The first-order valence-electron chi connectivity index (χ1n) is 6.27. The lowest BCUT2D eigenvalue weighted by Gasteiger charge is -2.18. The summed E-state index contributed by atoms with van der Waals surface area (Å²) in [4.78, 5) is 13.5. The average Bonchev–Trinajstić information content (AvgIpc) is 2.64. The molecule has 1 aromatic heterocycles. The highest BCUT2D eigenvalue weighted by molar-refractivity contribution is 5.92. The molecular weight excluding hydrogens is 262 g/mol. The molecule has 110 valence electrons. The number of rotatable bonds is 7. The van der Waals surface area contributed by atoms with Crippen LogP contribution in [0.5, 0.6) is 0 Å². The van der Waals surface area contributed by atoms with Gasteiger partial charge in [-0.3, -0.25) is 15.0 Å². The molecular formula is C13H19N3O4. The highest BCUT2D eigenvalue weighted by Crippen LogP contribution is 2.25. The van der Waals surface area contributed by atoms with Crippen LogP contribution in [0.4, 0.5) is 5.88 Å². The van der Waals surface area contributed by atoms with E-state index in [0.29, 0.717) is 16.9 Å². The third-order valence-corrected chi connectivity index (χ3v) is 2.95. The lowest BCUT2D eigenvalue weighted by Crippen LogP contribution is -2.37. The van der Waals surface area contributed by atoms with E-state index in [9.17, 15) is 4.79 Å². The lowest BCUT2D eigenvalue weighted by molar-refractivity contribution is -0.117. The fraction of sp³-hybridized carbons (Fsp3) is 0.538. The highest BCUT2D eigenvalue weighted by atomic mass is 16.4. The van der Waals surface area contributed by atoms with E-state index in [-0.39, 0.29) is 44.6 Å². The number of carbonyl (C=O) groups excluding carboxylic acids is 1. The average molecular weight is 281 g/mol. The zero-order valence-electron chi connectivity index (χ0n) is 11.6. The van der Waals surface area contributed by atoms with Crippen LogP contribution in [0, 0.1) is 25.2 Å². The van der Waals surface area contributed by atoms with E-state index in [0.717, 1.165) is 0 Å². The quantitative estimate of drug-likeness (QED) is 0.648. The number of aryl methyl sites for hydroxylation is 1. The third kappa shape index (κ3) is 4.06. The standard InChI is InChI=1S/C13H19N3O4/c1-9-10(2)20-13(11(9)7-14)15-12(19)8-16(3-5-17)4-6-18/h17-18H,3-6,8H2,1-2H3,(H,15,19). The number of furan rings is 1. The Labute approximate surface area is 117 Å². The number of anilines is 1. The maximum absolute atomic E-state index is 11.9. The fourth-order valence-electron chi connectivity index (χ4n) is 1.77. The van der Waals surface area contributed by atoms with E-state index >= 15 is 0 Å². The van der Waals surface area contributed by atoms with Crippen molar-refractivity contribution in [1.82, 2.24) is 4.90 Å². The summed E-state index contributed by atoms with van der Waals surface area (Å²) in [5, 5.41) is 29.3. The number of nitrogens with one attached hydrogen (secondary N) is 1. The van der Waals surface area contributed by atoms with Crippen LogP contribution in [0.3, 0.4) is 0 Å². The number of carbonyl (C=O) groups is 1. The molecule has 0 spiro atoms. The zero-order valence-corrected chi connectivity index (χ0v) is 11.6. The zero-order chi connectivity index (χ0) is 15.1. The Balaban J connectivity index is 2.71. The van der Waals surface area contributed by atoms with Crippen LogP contribution in [0.15, 0.2) is 4.42 Å². The van der Waals surface area contributed by atoms with E-state index in [1.165, 1.54) is 0 Å². The van der Waals surface area contributed by atoms with Crippen molar-refractivity contribution in [2.45, 2.75) is 13.8 Å². The topological polar surface area (TPSA) is 110 Å². The van der Waals surface area contributed by atoms with Gasteiger partial charge in [-0.15, -0.1) is 0 Å². The molecule has 1 rings (SSSR count). The first-order valence-corrected chi connectivity index (χ1v) is 6.27. The van der Waals surface area contributed by atoms with Crippen LogP contribution in [0.1, 0.15) is 16.9 Å². The molecule has 0 aliphatic rings. The fourth-order valence-corrected chi connectivity index (χ4v) is 1.77. The maximum atomic E-state index is 11.9. The summed E-state index contributed by atoms with van der Waals surface area (Å²) in [5.41, 5.74) is 1.01. The second kappa shape index (κ2) is 7.65. The van der Waals surface area contributed by atoms with Gasteiger partial charge >= 0.3 is 0 Å². The number of nitriles is 1. The number of aliphatic hydroxyl groups excluding tert-OH is 2. The molecule has 7 heteroatoms. The van der Waals surface area contributed by atoms with Crippen LogP contribution < -0.4 is 5.32 Å². The summed E-state index contributed by atoms with van der Waals surface area (Å²) in [7, 11) is 0. The molecule has 0 aliphatic carbocycles. The summed E-state index contributed by atoms with van der Waals surface area (Å²) < 4.78 is 5.34. The Morgan fingerprint density at radius 2 is 1.95 bits per heavy atom. The maximum Gasteiger partial charge on any atom is 0.240 e. The van der Waals surface area contributed by atoms with Crippen LogP contribution in [0.2, 0.25) is 0 Å². The van der Waals surface area contributed by atoms with Crippen LogP contribution >= 0.6 is 0 Å². The normalized spacial score (nSPS) is 10.6. The van der Waals surface area contributed by atoms with Gasteiger partial charge in [-0.1, -0.05) is 0 Å². The van der Waals surface area contributed by atoms with Crippen LogP contribution in [-0.4, -0.2) is 53.9 Å². The number of aliphatic hydroxyl groups is 2. The van der Waals surface area contributed by atoms with Crippen molar-refractivity contribution in [3.8, 4) is 6.07 Å². The summed E-state index contributed by atoms with van der Waals surface area (Å²) in [6, 6.07) is 1.99. The molecule has 1 aromatic rings. The summed E-state index contributed by atoms with van der Waals surface area (Å²) in [5.74, 6) is 0.358. The largest absolute Gasteiger partial charge is 0.444 e. The molecule has 0 aromatic carbocycles. The van der Waals surface area contributed by atoms with Crippen molar-refractivity contribution in [1.29, 1.82) is 5.26 Å². The van der Waals surface area contributed by atoms with Gasteiger partial charge in [0.25, 0.3) is 0 Å². The third-order valence-electron chi connectivity index (χ3n) is 2.95. The first-order chi connectivity index (χ1) is 9.53. The first kappa shape index (κ1) is 16.2. The van der Waals surface area contributed by atoms with Gasteiger partial charge < -0.3 is 14.6 Å². The van der Waals surface area contributed by atoms with Crippen molar-refractivity contribution in [3.63, 3.8) is 0 Å². The smallest absolute Gasteiger partial charge is 0.240 e. The second-order valence-corrected chi connectivity index (χ2v) is 4.37. The summed E-state index contributed by atoms with van der Waals surface area (Å²) in [6.45, 7) is 3.84. The molecule has 0 saturated carbocycles. The van der Waals surface area contributed by atoms with Gasteiger partial charge in [-0.25, -0.2) is 0 Å². The molecule has 3 N–H and O–H groups in total. The molecule has 1 amide bonds. The molecule has 0 radical (unpaired) electrons. The Kier molecular flexibility index (Phi) is 6.18. The van der Waals surface area contributed by atoms with Crippen LogP contribution in [-0.2, 0) is 4.79 Å². The molecule has 0 fully saturated rings. The SMILES string of the molecule is Cc1oc(NC(=O)CN(CCO)CCO)c(C#N)c1C. The van der Waals surface area contributed by atoms with E-state index in [4.69, 9.17) is 19.9 Å². The van der Waals surface area contributed by atoms with Gasteiger partial charge in [0.1, 0.15) is 17.4 Å². The number of hydrogen-bond acceptors (Lipinski definition) is 6. The number of hydrogen-bond donors (Lipinski definition) is 3. The Morgan fingerprint density at radius 1 is 1.35 bits per heavy atom. The Morgan fingerprint density at radius 3 is 2.45 bits per heavy atom. The molecule has 7 nitrogen and oxygen atoms in total. The molecule has 0 unspecified atom stereocenters. The molecule has 20 heavy (non-hydrogen) atoms. The molecule has 0 atom stereocenters. The molecule has 0 aliphatic heterocycles. The van der Waals surface area contributed by atoms with Gasteiger partial charge in [0.05, 0.1) is 19.8 Å².